The Morgan fingerprint density at radius 1 is 0.886 bits per heavy atom. The molecule has 2 aromatic carbocycles. The average molecular weight is 641 g/mol. The summed E-state index contributed by atoms with van der Waals surface area (Å²) >= 11 is 0. The van der Waals surface area contributed by atoms with Crippen LogP contribution < -0.4 is 4.90 Å². The number of fused-ring (bicyclic) bond motifs is 1. The number of hydrogen-bond donors (Lipinski definition) is 0. The second kappa shape index (κ2) is 12.4. The van der Waals surface area contributed by atoms with Crippen molar-refractivity contribution >= 4 is 17.9 Å². The maximum atomic E-state index is 13.8. The molecule has 1 saturated carbocycles. The van der Waals surface area contributed by atoms with E-state index in [1.807, 2.05) is 0 Å². The normalized spacial score (nSPS) is 19.2. The number of amides is 2. The standard InChI is InChI=1S/C29H29F9N2O4/c1-3-9-44-26(42)40-22-8-7-18(27(30,31)32)13-21(22)24(14-23(40)17-5-4-6-17)39(25(41)43-2)15-16-10-19(28(33,34)35)12-20(11-16)29(36,37)38/h7-8,10-13,17,23-24H,3-6,9,14-15H2,1-2H3/t23-,24-/m0/s1. The van der Waals surface area contributed by atoms with Crippen LogP contribution in [0.5, 0.6) is 0 Å². The fraction of sp³-hybridized carbons (Fsp3) is 0.517. The first-order valence-corrected chi connectivity index (χ1v) is 13.8. The number of halogens is 9. The van der Waals surface area contributed by atoms with Gasteiger partial charge < -0.3 is 9.47 Å². The Morgan fingerprint density at radius 3 is 1.95 bits per heavy atom. The SMILES string of the molecule is CCCOC(=O)N1c2ccc(C(F)(F)F)cc2[C@@H](N(Cc2cc(C(F)(F)F)cc(C(F)(F)F)c2)C(=O)OC)C[C@H]1C1CCC1. The third-order valence-corrected chi connectivity index (χ3v) is 7.88. The van der Waals surface area contributed by atoms with Gasteiger partial charge in [0.15, 0.2) is 0 Å². The van der Waals surface area contributed by atoms with Crippen LogP contribution in [0.25, 0.3) is 0 Å². The first-order chi connectivity index (χ1) is 20.5. The number of hydrogen-bond acceptors (Lipinski definition) is 4. The zero-order chi connectivity index (χ0) is 32.6. The van der Waals surface area contributed by atoms with E-state index in [9.17, 15) is 49.1 Å². The van der Waals surface area contributed by atoms with Crippen LogP contribution in [0.3, 0.4) is 0 Å². The molecule has 0 bridgehead atoms. The lowest BCUT2D eigenvalue weighted by atomic mass is 9.74. The summed E-state index contributed by atoms with van der Waals surface area (Å²) in [6.45, 7) is 0.911. The zero-order valence-electron chi connectivity index (χ0n) is 23.6. The van der Waals surface area contributed by atoms with Gasteiger partial charge in [0.05, 0.1) is 42.1 Å². The van der Waals surface area contributed by atoms with Gasteiger partial charge in [0, 0.05) is 12.6 Å². The maximum absolute atomic E-state index is 13.8. The van der Waals surface area contributed by atoms with Gasteiger partial charge in [-0.25, -0.2) is 9.59 Å². The Labute approximate surface area is 246 Å². The van der Waals surface area contributed by atoms with E-state index >= 15 is 0 Å². The van der Waals surface area contributed by atoms with E-state index in [4.69, 9.17) is 9.47 Å². The third kappa shape index (κ3) is 7.01. The molecule has 2 aliphatic rings. The molecule has 6 nitrogen and oxygen atoms in total. The first-order valence-electron chi connectivity index (χ1n) is 13.8. The molecule has 1 aliphatic carbocycles. The fourth-order valence-corrected chi connectivity index (χ4v) is 5.60. The summed E-state index contributed by atoms with van der Waals surface area (Å²) < 4.78 is 133. The van der Waals surface area contributed by atoms with E-state index in [1.165, 1.54) is 4.90 Å². The van der Waals surface area contributed by atoms with Crippen LogP contribution in [0.1, 0.15) is 72.9 Å². The molecule has 1 aliphatic heterocycles. The van der Waals surface area contributed by atoms with Crippen molar-refractivity contribution in [2.24, 2.45) is 5.92 Å². The summed E-state index contributed by atoms with van der Waals surface area (Å²) in [6.07, 6.45) is -14.8. The molecule has 0 spiro atoms. The molecule has 2 aromatic rings. The number of benzene rings is 2. The number of rotatable bonds is 6. The van der Waals surface area contributed by atoms with E-state index in [0.29, 0.717) is 31.4 Å². The molecule has 1 heterocycles. The molecule has 2 amide bonds. The van der Waals surface area contributed by atoms with E-state index in [-0.39, 0.29) is 36.3 Å². The van der Waals surface area contributed by atoms with Crippen molar-refractivity contribution in [3.63, 3.8) is 0 Å². The van der Waals surface area contributed by atoms with Gasteiger partial charge in [-0.15, -0.1) is 0 Å². The van der Waals surface area contributed by atoms with Crippen LogP contribution in [0, 0.1) is 5.92 Å². The van der Waals surface area contributed by atoms with Crippen molar-refractivity contribution in [3.8, 4) is 0 Å². The molecule has 0 saturated heterocycles. The number of carbonyl (C=O) groups excluding carboxylic acids is 2. The topological polar surface area (TPSA) is 59.1 Å². The first kappa shape index (κ1) is 33.2. The van der Waals surface area contributed by atoms with Gasteiger partial charge in [0.1, 0.15) is 0 Å². The summed E-state index contributed by atoms with van der Waals surface area (Å²) in [6, 6.07) is 1.35. The van der Waals surface area contributed by atoms with E-state index in [2.05, 4.69) is 0 Å². The van der Waals surface area contributed by atoms with Gasteiger partial charge in [-0.05, 0) is 79.1 Å². The van der Waals surface area contributed by atoms with Gasteiger partial charge in [-0.1, -0.05) is 13.3 Å². The highest BCUT2D eigenvalue weighted by atomic mass is 19.4. The van der Waals surface area contributed by atoms with Crippen LogP contribution in [0.4, 0.5) is 54.8 Å². The van der Waals surface area contributed by atoms with E-state index in [1.54, 1.807) is 6.92 Å². The van der Waals surface area contributed by atoms with Crippen LogP contribution in [-0.4, -0.2) is 36.8 Å². The van der Waals surface area contributed by atoms with Crippen LogP contribution >= 0.6 is 0 Å². The Hall–Kier alpha value is -3.65. The van der Waals surface area contributed by atoms with Crippen LogP contribution in [-0.2, 0) is 34.5 Å². The summed E-state index contributed by atoms with van der Waals surface area (Å²) in [4.78, 5) is 28.4. The highest BCUT2D eigenvalue weighted by molar-refractivity contribution is 5.90. The summed E-state index contributed by atoms with van der Waals surface area (Å²) in [7, 11) is 0.927. The molecule has 44 heavy (non-hydrogen) atoms. The van der Waals surface area contributed by atoms with Crippen molar-refractivity contribution in [2.75, 3.05) is 18.6 Å². The van der Waals surface area contributed by atoms with Gasteiger partial charge >= 0.3 is 30.7 Å². The lowest BCUT2D eigenvalue weighted by molar-refractivity contribution is -0.143. The van der Waals surface area contributed by atoms with Gasteiger partial charge in [-0.3, -0.25) is 9.80 Å². The number of ether oxygens (including phenoxy) is 2. The number of nitrogens with zero attached hydrogens (tertiary/aromatic N) is 2. The van der Waals surface area contributed by atoms with E-state index in [0.717, 1.165) is 36.6 Å². The largest absolute Gasteiger partial charge is 0.453 e. The second-order valence-corrected chi connectivity index (χ2v) is 10.8. The quantitative estimate of drug-likeness (QED) is 0.296. The summed E-state index contributed by atoms with van der Waals surface area (Å²) in [5.41, 5.74) is -5.14. The fourth-order valence-electron chi connectivity index (χ4n) is 5.60. The maximum Gasteiger partial charge on any atom is 0.416 e. The van der Waals surface area contributed by atoms with Gasteiger partial charge in [0.25, 0.3) is 0 Å². The Kier molecular flexibility index (Phi) is 9.36. The summed E-state index contributed by atoms with van der Waals surface area (Å²) in [5.74, 6) is -0.146. The molecule has 242 valence electrons. The molecule has 0 radical (unpaired) electrons. The minimum atomic E-state index is -5.17. The number of methoxy groups -OCH3 is 1. The highest BCUT2D eigenvalue weighted by Crippen LogP contribution is 2.49. The number of alkyl halides is 9. The molecule has 0 N–H and O–H groups in total. The van der Waals surface area contributed by atoms with E-state index < -0.39 is 71.6 Å². The van der Waals surface area contributed by atoms with Crippen LogP contribution in [0.2, 0.25) is 0 Å². The lowest BCUT2D eigenvalue weighted by Crippen LogP contribution is -2.53. The number of carbonyl (C=O) groups is 2. The third-order valence-electron chi connectivity index (χ3n) is 7.88. The molecular weight excluding hydrogens is 611 g/mol. The van der Waals surface area contributed by atoms with Gasteiger partial charge in [0.2, 0.25) is 0 Å². The molecule has 4 rings (SSSR count). The Balaban J connectivity index is 1.89. The highest BCUT2D eigenvalue weighted by Gasteiger charge is 2.46. The molecule has 1 fully saturated rings. The molecular formula is C29H29F9N2O4. The van der Waals surface area contributed by atoms with Crippen molar-refractivity contribution < 1.29 is 58.6 Å². The average Bonchev–Trinajstić information content (AvgIpc) is 2.91. The van der Waals surface area contributed by atoms with Crippen molar-refractivity contribution in [1.29, 1.82) is 0 Å². The number of anilines is 1. The molecule has 2 atom stereocenters. The monoisotopic (exact) mass is 640 g/mol. The molecule has 0 unspecified atom stereocenters. The van der Waals surface area contributed by atoms with Crippen LogP contribution in [0.15, 0.2) is 36.4 Å². The summed E-state index contributed by atoms with van der Waals surface area (Å²) in [5, 5.41) is 0. The molecule has 15 heteroatoms. The zero-order valence-corrected chi connectivity index (χ0v) is 23.6. The predicted molar refractivity (Wildman–Crippen MR) is 138 cm³/mol. The predicted octanol–water partition coefficient (Wildman–Crippen LogP) is 8.98. The minimum absolute atomic E-state index is 0.0128. The molecule has 0 aromatic heterocycles. The van der Waals surface area contributed by atoms with Crippen molar-refractivity contribution in [1.82, 2.24) is 4.90 Å². The van der Waals surface area contributed by atoms with Gasteiger partial charge in [-0.2, -0.15) is 39.5 Å². The smallest absolute Gasteiger partial charge is 0.416 e. The lowest BCUT2D eigenvalue weighted by Gasteiger charge is -2.48. The second-order valence-electron chi connectivity index (χ2n) is 10.8. The Bertz CT molecular complexity index is 1340. The van der Waals surface area contributed by atoms with Crippen molar-refractivity contribution in [2.45, 2.75) is 76.2 Å². The minimum Gasteiger partial charge on any atom is -0.453 e. The van der Waals surface area contributed by atoms with Crippen molar-refractivity contribution in [3.05, 3.63) is 64.2 Å². The Morgan fingerprint density at radius 2 is 1.48 bits per heavy atom.